The van der Waals surface area contributed by atoms with Crippen molar-refractivity contribution < 1.29 is 4.79 Å². The number of hydrogen-bond acceptors (Lipinski definition) is 3. The molecule has 0 bridgehead atoms. The summed E-state index contributed by atoms with van der Waals surface area (Å²) in [7, 11) is 0. The number of fused-ring (bicyclic) bond motifs is 1. The highest BCUT2D eigenvalue weighted by atomic mass is 16.1. The molecule has 1 amide bonds. The van der Waals surface area contributed by atoms with Gasteiger partial charge in [-0.1, -0.05) is 24.3 Å². The van der Waals surface area contributed by atoms with Crippen LogP contribution in [0.1, 0.15) is 37.8 Å². The number of aromatic nitrogens is 1. The van der Waals surface area contributed by atoms with Gasteiger partial charge in [0.15, 0.2) is 0 Å². The van der Waals surface area contributed by atoms with Gasteiger partial charge in [0, 0.05) is 23.0 Å². The predicted molar refractivity (Wildman–Crippen MR) is 104 cm³/mol. The van der Waals surface area contributed by atoms with Crippen LogP contribution < -0.4 is 10.6 Å². The maximum absolute atomic E-state index is 12.7. The topological polar surface area (TPSA) is 54.0 Å². The summed E-state index contributed by atoms with van der Waals surface area (Å²) in [4.78, 5) is 17.3. The van der Waals surface area contributed by atoms with Gasteiger partial charge in [-0.2, -0.15) is 0 Å². The number of nitrogens with zero attached hydrogens (tertiary/aromatic N) is 1. The smallest absolute Gasteiger partial charge is 0.227 e. The molecule has 4 nitrogen and oxygen atoms in total. The van der Waals surface area contributed by atoms with Crippen molar-refractivity contribution in [2.45, 2.75) is 45.1 Å². The molecule has 0 radical (unpaired) electrons. The van der Waals surface area contributed by atoms with Gasteiger partial charge in [0.2, 0.25) is 5.91 Å². The molecule has 3 rings (SSSR count). The number of benzene rings is 1. The lowest BCUT2D eigenvalue weighted by atomic mass is 9.85. The van der Waals surface area contributed by atoms with Crippen LogP contribution in [-0.2, 0) is 4.79 Å². The number of amides is 1. The molecule has 2 aromatic rings. The van der Waals surface area contributed by atoms with Crippen molar-refractivity contribution >= 4 is 22.5 Å². The van der Waals surface area contributed by atoms with E-state index in [9.17, 15) is 4.79 Å². The summed E-state index contributed by atoms with van der Waals surface area (Å²) in [5.74, 6) is 0.241. The molecule has 1 aliphatic rings. The Labute approximate surface area is 149 Å². The highest BCUT2D eigenvalue weighted by Crippen LogP contribution is 2.28. The highest BCUT2D eigenvalue weighted by Gasteiger charge is 2.26. The Morgan fingerprint density at radius 3 is 2.80 bits per heavy atom. The number of pyridine rings is 1. The Bertz CT molecular complexity index is 748. The van der Waals surface area contributed by atoms with Crippen LogP contribution in [0.4, 0.5) is 5.69 Å². The van der Waals surface area contributed by atoms with Crippen molar-refractivity contribution in [2.24, 2.45) is 5.92 Å². The van der Waals surface area contributed by atoms with E-state index in [2.05, 4.69) is 22.2 Å². The van der Waals surface area contributed by atoms with Gasteiger partial charge in [0.1, 0.15) is 0 Å². The summed E-state index contributed by atoms with van der Waals surface area (Å²) < 4.78 is 0. The summed E-state index contributed by atoms with van der Waals surface area (Å²) in [6.07, 6.45) is 6.94. The summed E-state index contributed by atoms with van der Waals surface area (Å²) >= 11 is 0. The maximum Gasteiger partial charge on any atom is 0.227 e. The van der Waals surface area contributed by atoms with Gasteiger partial charge >= 0.3 is 0 Å². The molecular formula is C21H27N3O. The van der Waals surface area contributed by atoms with Crippen molar-refractivity contribution in [3.05, 3.63) is 48.7 Å². The van der Waals surface area contributed by atoms with Crippen LogP contribution in [0.3, 0.4) is 0 Å². The number of rotatable bonds is 6. The van der Waals surface area contributed by atoms with Crippen LogP contribution in [0, 0.1) is 12.8 Å². The second-order valence-electron chi connectivity index (χ2n) is 6.90. The lowest BCUT2D eigenvalue weighted by Crippen LogP contribution is -2.36. The Hall–Kier alpha value is -2.20. The third-order valence-corrected chi connectivity index (χ3v) is 4.98. The number of anilines is 1. The molecule has 1 heterocycles. The molecule has 132 valence electrons. The lowest BCUT2D eigenvalue weighted by molar-refractivity contribution is -0.120. The van der Waals surface area contributed by atoms with Gasteiger partial charge in [-0.05, 0) is 57.7 Å². The molecule has 1 aliphatic carbocycles. The number of carbonyl (C=O) groups is 1. The average Bonchev–Trinajstić information content (AvgIpc) is 2.62. The van der Waals surface area contributed by atoms with Crippen LogP contribution in [0.15, 0.2) is 43.0 Å². The zero-order valence-corrected chi connectivity index (χ0v) is 14.9. The largest absolute Gasteiger partial charge is 0.325 e. The zero-order valence-electron chi connectivity index (χ0n) is 14.9. The van der Waals surface area contributed by atoms with Crippen LogP contribution in [0.25, 0.3) is 10.9 Å². The SMILES string of the molecule is C=CCCNC1CCC(C(=O)Nc2cc(C)nc3ccccc23)CC1. The summed E-state index contributed by atoms with van der Waals surface area (Å²) in [6.45, 7) is 6.69. The van der Waals surface area contributed by atoms with E-state index in [-0.39, 0.29) is 11.8 Å². The number of aryl methyl sites for hydroxylation is 1. The number of para-hydroxylation sites is 1. The number of carbonyl (C=O) groups excluding carboxylic acids is 1. The van der Waals surface area contributed by atoms with Crippen molar-refractivity contribution in [2.75, 3.05) is 11.9 Å². The van der Waals surface area contributed by atoms with E-state index < -0.39 is 0 Å². The Morgan fingerprint density at radius 2 is 2.04 bits per heavy atom. The van der Waals surface area contributed by atoms with E-state index in [0.717, 1.165) is 60.9 Å². The van der Waals surface area contributed by atoms with E-state index in [0.29, 0.717) is 6.04 Å². The maximum atomic E-state index is 12.7. The molecule has 1 aromatic carbocycles. The van der Waals surface area contributed by atoms with Crippen LogP contribution >= 0.6 is 0 Å². The normalized spacial score (nSPS) is 20.4. The minimum atomic E-state index is 0.102. The van der Waals surface area contributed by atoms with E-state index in [1.807, 2.05) is 43.3 Å². The average molecular weight is 337 g/mol. The van der Waals surface area contributed by atoms with Gasteiger partial charge in [0.05, 0.1) is 11.2 Å². The first-order chi connectivity index (χ1) is 12.2. The Morgan fingerprint density at radius 1 is 1.28 bits per heavy atom. The minimum Gasteiger partial charge on any atom is -0.325 e. The molecular weight excluding hydrogens is 310 g/mol. The molecule has 1 saturated carbocycles. The summed E-state index contributed by atoms with van der Waals surface area (Å²) in [5, 5.41) is 7.70. The van der Waals surface area contributed by atoms with Gasteiger partial charge < -0.3 is 10.6 Å². The van der Waals surface area contributed by atoms with Crippen LogP contribution in [0.2, 0.25) is 0 Å². The lowest BCUT2D eigenvalue weighted by Gasteiger charge is -2.28. The second-order valence-corrected chi connectivity index (χ2v) is 6.90. The Balaban J connectivity index is 1.61. The first-order valence-electron chi connectivity index (χ1n) is 9.19. The third-order valence-electron chi connectivity index (χ3n) is 4.98. The zero-order chi connectivity index (χ0) is 17.6. The van der Waals surface area contributed by atoms with Crippen LogP contribution in [-0.4, -0.2) is 23.5 Å². The highest BCUT2D eigenvalue weighted by molar-refractivity contribution is 6.01. The first-order valence-corrected chi connectivity index (χ1v) is 9.19. The van der Waals surface area contributed by atoms with Crippen molar-refractivity contribution in [1.29, 1.82) is 0 Å². The quantitative estimate of drug-likeness (QED) is 0.613. The van der Waals surface area contributed by atoms with E-state index in [4.69, 9.17) is 0 Å². The van der Waals surface area contributed by atoms with Crippen molar-refractivity contribution in [1.82, 2.24) is 10.3 Å². The van der Waals surface area contributed by atoms with Crippen molar-refractivity contribution in [3.8, 4) is 0 Å². The number of nitrogens with one attached hydrogen (secondary N) is 2. The van der Waals surface area contributed by atoms with Gasteiger partial charge in [-0.25, -0.2) is 0 Å². The molecule has 1 fully saturated rings. The second kappa shape index (κ2) is 8.26. The monoisotopic (exact) mass is 337 g/mol. The fraction of sp³-hybridized carbons (Fsp3) is 0.429. The molecule has 0 saturated heterocycles. The Kier molecular flexibility index (Phi) is 5.82. The minimum absolute atomic E-state index is 0.102. The van der Waals surface area contributed by atoms with Gasteiger partial charge in [-0.15, -0.1) is 6.58 Å². The van der Waals surface area contributed by atoms with E-state index in [1.54, 1.807) is 0 Å². The predicted octanol–water partition coefficient (Wildman–Crippen LogP) is 4.21. The van der Waals surface area contributed by atoms with E-state index in [1.165, 1.54) is 0 Å². The molecule has 0 unspecified atom stereocenters. The third kappa shape index (κ3) is 4.45. The molecule has 4 heteroatoms. The molecule has 2 N–H and O–H groups in total. The van der Waals surface area contributed by atoms with Gasteiger partial charge in [-0.3, -0.25) is 9.78 Å². The van der Waals surface area contributed by atoms with E-state index >= 15 is 0 Å². The molecule has 0 atom stereocenters. The van der Waals surface area contributed by atoms with Crippen molar-refractivity contribution in [3.63, 3.8) is 0 Å². The molecule has 0 aliphatic heterocycles. The summed E-state index contributed by atoms with van der Waals surface area (Å²) in [5.41, 5.74) is 2.72. The van der Waals surface area contributed by atoms with Gasteiger partial charge in [0.25, 0.3) is 0 Å². The number of hydrogen-bond donors (Lipinski definition) is 2. The molecule has 0 spiro atoms. The molecule has 1 aromatic heterocycles. The first kappa shape index (κ1) is 17.6. The fourth-order valence-corrected chi connectivity index (χ4v) is 3.60. The van der Waals surface area contributed by atoms with Crippen LogP contribution in [0.5, 0.6) is 0 Å². The standard InChI is InChI=1S/C21H27N3O/c1-3-4-13-22-17-11-9-16(10-12-17)21(25)24-20-14-15(2)23-19-8-6-5-7-18(19)20/h3,5-8,14,16-17,22H,1,4,9-13H2,2H3,(H,23,24,25). The molecule has 25 heavy (non-hydrogen) atoms. The fourth-order valence-electron chi connectivity index (χ4n) is 3.60. The summed E-state index contributed by atoms with van der Waals surface area (Å²) in [6, 6.07) is 10.4.